The second-order valence-electron chi connectivity index (χ2n) is 10.9. The van der Waals surface area contributed by atoms with Gasteiger partial charge in [0.2, 0.25) is 5.91 Å². The van der Waals surface area contributed by atoms with Crippen LogP contribution in [0.25, 0.3) is 5.65 Å². The summed E-state index contributed by atoms with van der Waals surface area (Å²) in [4.78, 5) is 30.6. The Hall–Kier alpha value is -3.15. The standard InChI is InChI=1S/C28H31N3O3/c1-17-5-6-22(30-27(33)28-13-19-8-20(14-28)10-21(9-19)15-28)11-24(17)34-16-23-12-25(32)31-7-3-4-18(2)26(31)29-23/h3-7,11-12,19-21H,8-10,13-16H2,1-2H3,(H,30,33). The lowest BCUT2D eigenvalue weighted by atomic mass is 9.49. The van der Waals surface area contributed by atoms with E-state index in [-0.39, 0.29) is 23.5 Å². The first-order valence-electron chi connectivity index (χ1n) is 12.4. The molecule has 4 aliphatic rings. The number of fused-ring (bicyclic) bond motifs is 1. The number of nitrogens with one attached hydrogen (secondary N) is 1. The van der Waals surface area contributed by atoms with Crippen LogP contribution in [0, 0.1) is 37.0 Å². The third kappa shape index (κ3) is 3.69. The first kappa shape index (κ1) is 21.4. The van der Waals surface area contributed by atoms with E-state index in [0.717, 1.165) is 53.8 Å². The summed E-state index contributed by atoms with van der Waals surface area (Å²) in [5, 5.41) is 3.22. The summed E-state index contributed by atoms with van der Waals surface area (Å²) in [6, 6.07) is 11.1. The van der Waals surface area contributed by atoms with Gasteiger partial charge in [-0.15, -0.1) is 0 Å². The van der Waals surface area contributed by atoms with Gasteiger partial charge >= 0.3 is 0 Å². The summed E-state index contributed by atoms with van der Waals surface area (Å²) in [6.07, 6.45) is 8.82. The summed E-state index contributed by atoms with van der Waals surface area (Å²) < 4.78 is 7.62. The highest BCUT2D eigenvalue weighted by Crippen LogP contribution is 2.60. The van der Waals surface area contributed by atoms with Crippen molar-refractivity contribution in [1.82, 2.24) is 9.38 Å². The van der Waals surface area contributed by atoms with Gasteiger partial charge in [0.1, 0.15) is 18.0 Å². The van der Waals surface area contributed by atoms with Crippen molar-refractivity contribution in [2.24, 2.45) is 23.2 Å². The van der Waals surface area contributed by atoms with Gasteiger partial charge in [0.25, 0.3) is 5.56 Å². The van der Waals surface area contributed by atoms with Crippen LogP contribution in [0.2, 0.25) is 0 Å². The highest BCUT2D eigenvalue weighted by molar-refractivity contribution is 5.95. The SMILES string of the molecule is Cc1ccc(NC(=O)C23CC4CC(CC(C4)C2)C3)cc1OCc1cc(=O)n2cccc(C)c2n1. The van der Waals surface area contributed by atoms with Gasteiger partial charge in [-0.05, 0) is 93.4 Å². The molecule has 0 aliphatic heterocycles. The lowest BCUT2D eigenvalue weighted by molar-refractivity contribution is -0.140. The molecule has 0 unspecified atom stereocenters. The van der Waals surface area contributed by atoms with Crippen LogP contribution < -0.4 is 15.6 Å². The lowest BCUT2D eigenvalue weighted by Crippen LogP contribution is -2.51. The minimum absolute atomic E-state index is 0.124. The summed E-state index contributed by atoms with van der Waals surface area (Å²) in [6.45, 7) is 4.10. The molecule has 6 nitrogen and oxygen atoms in total. The Morgan fingerprint density at radius 2 is 1.76 bits per heavy atom. The average Bonchev–Trinajstić information content (AvgIpc) is 2.79. The van der Waals surface area contributed by atoms with E-state index < -0.39 is 0 Å². The van der Waals surface area contributed by atoms with Crippen molar-refractivity contribution in [3.63, 3.8) is 0 Å². The Kier molecular flexibility index (Phi) is 5.01. The summed E-state index contributed by atoms with van der Waals surface area (Å²) >= 11 is 0. The molecule has 7 rings (SSSR count). The fraction of sp³-hybridized carbons (Fsp3) is 0.464. The molecule has 34 heavy (non-hydrogen) atoms. The fourth-order valence-corrected chi connectivity index (χ4v) is 7.02. The second-order valence-corrected chi connectivity index (χ2v) is 10.9. The van der Waals surface area contributed by atoms with Gasteiger partial charge in [-0.25, -0.2) is 4.98 Å². The van der Waals surface area contributed by atoms with E-state index in [9.17, 15) is 9.59 Å². The first-order valence-corrected chi connectivity index (χ1v) is 12.4. The number of nitrogens with zero attached hydrogens (tertiary/aromatic N) is 2. The number of amides is 1. The Labute approximate surface area is 199 Å². The number of benzene rings is 1. The van der Waals surface area contributed by atoms with E-state index in [0.29, 0.717) is 17.1 Å². The van der Waals surface area contributed by atoms with E-state index in [1.54, 1.807) is 10.6 Å². The number of hydrogen-bond donors (Lipinski definition) is 1. The van der Waals surface area contributed by atoms with Crippen LogP contribution in [0.15, 0.2) is 47.4 Å². The third-order valence-corrected chi connectivity index (χ3v) is 8.28. The number of carbonyl (C=O) groups excluding carboxylic acids is 1. The van der Waals surface area contributed by atoms with Crippen LogP contribution in [0.4, 0.5) is 5.69 Å². The van der Waals surface area contributed by atoms with Gasteiger partial charge in [0, 0.05) is 24.0 Å². The number of anilines is 1. The van der Waals surface area contributed by atoms with E-state index in [2.05, 4.69) is 10.3 Å². The molecule has 1 aromatic carbocycles. The second kappa shape index (κ2) is 7.97. The molecule has 0 atom stereocenters. The van der Waals surface area contributed by atoms with Crippen LogP contribution in [0.5, 0.6) is 5.75 Å². The van der Waals surface area contributed by atoms with Crippen molar-refractivity contribution in [1.29, 1.82) is 0 Å². The number of ether oxygens (including phenoxy) is 1. The number of pyridine rings is 1. The molecule has 4 fully saturated rings. The van der Waals surface area contributed by atoms with E-state index in [1.165, 1.54) is 25.3 Å². The van der Waals surface area contributed by atoms with Crippen molar-refractivity contribution in [3.05, 3.63) is 69.8 Å². The Bertz CT molecular complexity index is 1310. The number of rotatable bonds is 5. The quantitative estimate of drug-likeness (QED) is 0.582. The molecule has 2 heterocycles. The van der Waals surface area contributed by atoms with Crippen LogP contribution in [-0.4, -0.2) is 15.3 Å². The minimum atomic E-state index is -0.185. The fourth-order valence-electron chi connectivity index (χ4n) is 7.02. The number of aromatic nitrogens is 2. The smallest absolute Gasteiger partial charge is 0.258 e. The molecule has 0 spiro atoms. The largest absolute Gasteiger partial charge is 0.487 e. The summed E-state index contributed by atoms with van der Waals surface area (Å²) in [5.41, 5.74) is 3.59. The van der Waals surface area contributed by atoms with Gasteiger partial charge in [0.05, 0.1) is 11.1 Å². The Morgan fingerprint density at radius 1 is 1.06 bits per heavy atom. The zero-order valence-corrected chi connectivity index (χ0v) is 19.8. The van der Waals surface area contributed by atoms with Crippen molar-refractivity contribution in [2.75, 3.05) is 5.32 Å². The van der Waals surface area contributed by atoms with Crippen molar-refractivity contribution < 1.29 is 9.53 Å². The predicted octanol–water partition coefficient (Wildman–Crippen LogP) is 5.05. The number of carbonyl (C=O) groups is 1. The van der Waals surface area contributed by atoms with E-state index >= 15 is 0 Å². The molecule has 2 aromatic heterocycles. The maximum atomic E-state index is 13.4. The summed E-state index contributed by atoms with van der Waals surface area (Å²) in [7, 11) is 0. The Morgan fingerprint density at radius 3 is 2.47 bits per heavy atom. The van der Waals surface area contributed by atoms with Crippen LogP contribution >= 0.6 is 0 Å². The van der Waals surface area contributed by atoms with Crippen LogP contribution in [0.3, 0.4) is 0 Å². The molecule has 0 radical (unpaired) electrons. The molecule has 4 saturated carbocycles. The maximum Gasteiger partial charge on any atom is 0.258 e. The molecule has 6 heteroatoms. The molecule has 1 amide bonds. The van der Waals surface area contributed by atoms with E-state index in [4.69, 9.17) is 4.74 Å². The highest BCUT2D eigenvalue weighted by Gasteiger charge is 2.54. The topological polar surface area (TPSA) is 72.7 Å². The number of aryl methyl sites for hydroxylation is 2. The van der Waals surface area contributed by atoms with Gasteiger partial charge in [-0.3, -0.25) is 14.0 Å². The van der Waals surface area contributed by atoms with E-state index in [1.807, 2.05) is 44.2 Å². The molecule has 0 saturated heterocycles. The third-order valence-electron chi connectivity index (χ3n) is 8.28. The first-order chi connectivity index (χ1) is 16.4. The zero-order valence-electron chi connectivity index (χ0n) is 19.8. The molecular formula is C28H31N3O3. The van der Waals surface area contributed by atoms with Crippen molar-refractivity contribution in [3.8, 4) is 5.75 Å². The van der Waals surface area contributed by atoms with Crippen molar-refractivity contribution >= 4 is 17.2 Å². The summed E-state index contributed by atoms with van der Waals surface area (Å²) in [5.74, 6) is 3.07. The highest BCUT2D eigenvalue weighted by atomic mass is 16.5. The zero-order chi connectivity index (χ0) is 23.4. The lowest BCUT2D eigenvalue weighted by Gasteiger charge is -2.55. The van der Waals surface area contributed by atoms with Gasteiger partial charge in [0.15, 0.2) is 0 Å². The molecule has 1 N–H and O–H groups in total. The molecular weight excluding hydrogens is 426 g/mol. The van der Waals surface area contributed by atoms with Gasteiger partial charge in [-0.2, -0.15) is 0 Å². The number of hydrogen-bond acceptors (Lipinski definition) is 4. The van der Waals surface area contributed by atoms with Crippen LogP contribution in [-0.2, 0) is 11.4 Å². The molecule has 4 bridgehead atoms. The van der Waals surface area contributed by atoms with Gasteiger partial charge < -0.3 is 10.1 Å². The molecule has 4 aliphatic carbocycles. The monoisotopic (exact) mass is 457 g/mol. The molecule has 176 valence electrons. The predicted molar refractivity (Wildman–Crippen MR) is 131 cm³/mol. The average molecular weight is 458 g/mol. The minimum Gasteiger partial charge on any atom is -0.487 e. The normalized spacial score (nSPS) is 27.2. The maximum absolute atomic E-state index is 13.4. The van der Waals surface area contributed by atoms with Crippen molar-refractivity contribution in [2.45, 2.75) is 59.0 Å². The van der Waals surface area contributed by atoms with Gasteiger partial charge in [-0.1, -0.05) is 12.1 Å². The Balaban J connectivity index is 1.19. The molecule has 3 aromatic rings. The van der Waals surface area contributed by atoms with Crippen LogP contribution in [0.1, 0.15) is 55.3 Å².